The summed E-state index contributed by atoms with van der Waals surface area (Å²) >= 11 is 0. The molecular formula is C14H28N2. The van der Waals surface area contributed by atoms with Gasteiger partial charge in [-0.1, -0.05) is 13.8 Å². The third-order valence-corrected chi connectivity index (χ3v) is 4.64. The van der Waals surface area contributed by atoms with Crippen LogP contribution in [0, 0.1) is 11.8 Å². The Hall–Kier alpha value is -0.0800. The summed E-state index contributed by atoms with van der Waals surface area (Å²) in [6, 6.07) is 2.40. The Kier molecular flexibility index (Phi) is 3.91. The number of likely N-dealkylation sites (N-methyl/N-ethyl adjacent to an activating group) is 1. The van der Waals surface area contributed by atoms with Gasteiger partial charge in [-0.3, -0.25) is 4.90 Å². The molecule has 2 nitrogen and oxygen atoms in total. The van der Waals surface area contributed by atoms with Gasteiger partial charge in [0.15, 0.2) is 0 Å². The van der Waals surface area contributed by atoms with Gasteiger partial charge < -0.3 is 5.32 Å². The van der Waals surface area contributed by atoms with Crippen LogP contribution in [-0.4, -0.2) is 36.6 Å². The van der Waals surface area contributed by atoms with E-state index in [0.29, 0.717) is 6.04 Å². The van der Waals surface area contributed by atoms with Crippen LogP contribution in [0.25, 0.3) is 0 Å². The van der Waals surface area contributed by atoms with E-state index in [-0.39, 0.29) is 0 Å². The van der Waals surface area contributed by atoms with E-state index in [1.165, 1.54) is 32.2 Å². The first-order valence-corrected chi connectivity index (χ1v) is 7.03. The third kappa shape index (κ3) is 2.98. The van der Waals surface area contributed by atoms with Crippen LogP contribution < -0.4 is 5.32 Å². The number of nitrogens with zero attached hydrogens (tertiary/aromatic N) is 1. The zero-order valence-electron chi connectivity index (χ0n) is 11.4. The first-order valence-electron chi connectivity index (χ1n) is 7.03. The van der Waals surface area contributed by atoms with Crippen LogP contribution in [0.1, 0.15) is 46.5 Å². The summed E-state index contributed by atoms with van der Waals surface area (Å²) in [7, 11) is 2.28. The second-order valence-electron chi connectivity index (χ2n) is 6.33. The second kappa shape index (κ2) is 5.05. The van der Waals surface area contributed by atoms with E-state index in [0.717, 1.165) is 23.9 Å². The van der Waals surface area contributed by atoms with E-state index in [1.54, 1.807) is 0 Å². The molecule has 0 heterocycles. The smallest absolute Gasteiger partial charge is 0.0192 e. The molecule has 1 atom stereocenters. The highest BCUT2D eigenvalue weighted by molar-refractivity contribution is 4.89. The maximum atomic E-state index is 3.73. The van der Waals surface area contributed by atoms with Crippen molar-refractivity contribution in [1.82, 2.24) is 10.2 Å². The number of rotatable bonds is 6. The van der Waals surface area contributed by atoms with Crippen molar-refractivity contribution in [2.24, 2.45) is 11.8 Å². The van der Waals surface area contributed by atoms with Crippen molar-refractivity contribution in [3.63, 3.8) is 0 Å². The predicted molar refractivity (Wildman–Crippen MR) is 69.6 cm³/mol. The maximum absolute atomic E-state index is 3.73. The van der Waals surface area contributed by atoms with Gasteiger partial charge in [0.1, 0.15) is 0 Å². The zero-order valence-corrected chi connectivity index (χ0v) is 11.4. The predicted octanol–water partition coefficient (Wildman–Crippen LogP) is 2.49. The fourth-order valence-electron chi connectivity index (χ4n) is 2.70. The van der Waals surface area contributed by atoms with Crippen molar-refractivity contribution < 1.29 is 0 Å². The Balaban J connectivity index is 1.58. The van der Waals surface area contributed by atoms with Crippen LogP contribution in [-0.2, 0) is 0 Å². The Morgan fingerprint density at radius 2 is 1.81 bits per heavy atom. The van der Waals surface area contributed by atoms with Crippen molar-refractivity contribution in [3.05, 3.63) is 0 Å². The summed E-state index contributed by atoms with van der Waals surface area (Å²) in [5, 5.41) is 3.73. The van der Waals surface area contributed by atoms with Crippen LogP contribution in [0.3, 0.4) is 0 Å². The van der Waals surface area contributed by atoms with Gasteiger partial charge in [0.05, 0.1) is 0 Å². The molecule has 2 aliphatic carbocycles. The van der Waals surface area contributed by atoms with Gasteiger partial charge in [0, 0.05) is 24.7 Å². The van der Waals surface area contributed by atoms with E-state index in [4.69, 9.17) is 0 Å². The van der Waals surface area contributed by atoms with Crippen molar-refractivity contribution in [3.8, 4) is 0 Å². The quantitative estimate of drug-likeness (QED) is 0.746. The molecule has 2 rings (SSSR count). The molecule has 1 N–H and O–H groups in total. The molecule has 0 aromatic rings. The molecule has 2 saturated carbocycles. The van der Waals surface area contributed by atoms with Gasteiger partial charge in [-0.25, -0.2) is 0 Å². The van der Waals surface area contributed by atoms with E-state index in [9.17, 15) is 0 Å². The monoisotopic (exact) mass is 224 g/mol. The van der Waals surface area contributed by atoms with E-state index in [2.05, 4.69) is 38.0 Å². The molecular weight excluding hydrogens is 196 g/mol. The molecule has 2 fully saturated rings. The number of hydrogen-bond donors (Lipinski definition) is 1. The van der Waals surface area contributed by atoms with E-state index in [1.807, 2.05) is 0 Å². The van der Waals surface area contributed by atoms with Gasteiger partial charge in [-0.15, -0.1) is 0 Å². The molecule has 2 aliphatic rings. The lowest BCUT2D eigenvalue weighted by atomic mass is 9.73. The average molecular weight is 224 g/mol. The molecule has 2 heteroatoms. The van der Waals surface area contributed by atoms with Crippen LogP contribution in [0.2, 0.25) is 0 Å². The molecule has 0 amide bonds. The summed E-state index contributed by atoms with van der Waals surface area (Å²) in [4.78, 5) is 2.55. The molecule has 0 spiro atoms. The van der Waals surface area contributed by atoms with Gasteiger partial charge in [0.2, 0.25) is 0 Å². The lowest BCUT2D eigenvalue weighted by Crippen LogP contribution is -2.48. The van der Waals surface area contributed by atoms with Gasteiger partial charge in [-0.2, -0.15) is 0 Å². The van der Waals surface area contributed by atoms with Crippen molar-refractivity contribution in [2.75, 3.05) is 13.6 Å². The molecule has 0 saturated heterocycles. The highest BCUT2D eigenvalue weighted by atomic mass is 15.2. The normalized spacial score (nSPS) is 31.9. The van der Waals surface area contributed by atoms with Crippen molar-refractivity contribution >= 4 is 0 Å². The Labute approximate surface area is 101 Å². The Morgan fingerprint density at radius 3 is 2.31 bits per heavy atom. The van der Waals surface area contributed by atoms with Gasteiger partial charge >= 0.3 is 0 Å². The van der Waals surface area contributed by atoms with Crippen LogP contribution in [0.4, 0.5) is 0 Å². The van der Waals surface area contributed by atoms with Crippen LogP contribution in [0.15, 0.2) is 0 Å². The highest BCUT2D eigenvalue weighted by Crippen LogP contribution is 2.33. The lowest BCUT2D eigenvalue weighted by molar-refractivity contribution is 0.153. The SMILES string of the molecule is CC(C)C1CC(NCC(C)N(C)C2CC2)C1. The van der Waals surface area contributed by atoms with Gasteiger partial charge in [-0.05, 0) is 51.5 Å². The summed E-state index contributed by atoms with van der Waals surface area (Å²) in [5.41, 5.74) is 0. The largest absolute Gasteiger partial charge is 0.312 e. The van der Waals surface area contributed by atoms with Crippen LogP contribution >= 0.6 is 0 Å². The van der Waals surface area contributed by atoms with Gasteiger partial charge in [0.25, 0.3) is 0 Å². The average Bonchev–Trinajstić information content (AvgIpc) is 2.96. The molecule has 94 valence electrons. The maximum Gasteiger partial charge on any atom is 0.0192 e. The minimum absolute atomic E-state index is 0.700. The third-order valence-electron chi connectivity index (χ3n) is 4.64. The van der Waals surface area contributed by atoms with Crippen molar-refractivity contribution in [1.29, 1.82) is 0 Å². The number of nitrogens with one attached hydrogen (secondary N) is 1. The Morgan fingerprint density at radius 1 is 1.19 bits per heavy atom. The van der Waals surface area contributed by atoms with Crippen LogP contribution in [0.5, 0.6) is 0 Å². The highest BCUT2D eigenvalue weighted by Gasteiger charge is 2.32. The summed E-state index contributed by atoms with van der Waals surface area (Å²) < 4.78 is 0. The molecule has 0 aliphatic heterocycles. The number of hydrogen-bond acceptors (Lipinski definition) is 2. The molecule has 1 unspecified atom stereocenters. The minimum Gasteiger partial charge on any atom is -0.312 e. The van der Waals surface area contributed by atoms with E-state index < -0.39 is 0 Å². The standard InChI is InChI=1S/C14H28N2/c1-10(2)12-7-13(8-12)15-9-11(3)16(4)14-5-6-14/h10-15H,5-9H2,1-4H3. The summed E-state index contributed by atoms with van der Waals surface area (Å²) in [6.07, 6.45) is 5.63. The molecule has 0 aromatic carbocycles. The molecule has 0 aromatic heterocycles. The first kappa shape index (κ1) is 12.4. The fraction of sp³-hybridized carbons (Fsp3) is 1.00. The first-order chi connectivity index (χ1) is 7.58. The molecule has 0 radical (unpaired) electrons. The second-order valence-corrected chi connectivity index (χ2v) is 6.33. The topological polar surface area (TPSA) is 15.3 Å². The van der Waals surface area contributed by atoms with E-state index >= 15 is 0 Å². The fourth-order valence-corrected chi connectivity index (χ4v) is 2.70. The zero-order chi connectivity index (χ0) is 11.7. The summed E-state index contributed by atoms with van der Waals surface area (Å²) in [5.74, 6) is 1.86. The lowest BCUT2D eigenvalue weighted by Gasteiger charge is -2.39. The molecule has 16 heavy (non-hydrogen) atoms. The van der Waals surface area contributed by atoms with Crippen molar-refractivity contribution in [2.45, 2.75) is 64.6 Å². The summed E-state index contributed by atoms with van der Waals surface area (Å²) in [6.45, 7) is 8.22. The molecule has 0 bridgehead atoms. The Bertz CT molecular complexity index is 217. The minimum atomic E-state index is 0.700.